The van der Waals surface area contributed by atoms with Gasteiger partial charge in [-0.2, -0.15) is 0 Å². The zero-order valence-corrected chi connectivity index (χ0v) is 12.5. The lowest BCUT2D eigenvalue weighted by molar-refractivity contribution is 0.0924. The Morgan fingerprint density at radius 2 is 2.16 bits per heavy atom. The lowest BCUT2D eigenvalue weighted by Gasteiger charge is -2.34. The molecule has 1 atom stereocenters. The average molecular weight is 283 g/mol. The molecule has 0 aliphatic carbocycles. The molecule has 2 N–H and O–H groups in total. The molecule has 1 amide bonds. The highest BCUT2D eigenvalue weighted by molar-refractivity contribution is 5.95. The van der Waals surface area contributed by atoms with E-state index in [1.807, 2.05) is 31.2 Å². The first-order valence-corrected chi connectivity index (χ1v) is 6.65. The van der Waals surface area contributed by atoms with Crippen LogP contribution in [0.15, 0.2) is 24.3 Å². The van der Waals surface area contributed by atoms with Gasteiger partial charge in [-0.05, 0) is 43.4 Å². The van der Waals surface area contributed by atoms with Crippen LogP contribution >= 0.6 is 12.4 Å². The molecular formula is C15H23ClN2O. The summed E-state index contributed by atoms with van der Waals surface area (Å²) < 4.78 is 0. The molecule has 1 heterocycles. The number of rotatable bonds is 3. The molecule has 2 rings (SSSR count). The summed E-state index contributed by atoms with van der Waals surface area (Å²) in [6, 6.07) is 7.72. The number of aryl methyl sites for hydroxylation is 1. The maximum absolute atomic E-state index is 12.1. The van der Waals surface area contributed by atoms with E-state index in [0.717, 1.165) is 30.8 Å². The third-order valence-corrected chi connectivity index (χ3v) is 3.75. The van der Waals surface area contributed by atoms with Crippen LogP contribution in [0.3, 0.4) is 0 Å². The van der Waals surface area contributed by atoms with E-state index in [2.05, 4.69) is 17.6 Å². The van der Waals surface area contributed by atoms with Crippen LogP contribution in [0.1, 0.15) is 35.7 Å². The van der Waals surface area contributed by atoms with Crippen molar-refractivity contribution >= 4 is 18.3 Å². The number of amides is 1. The summed E-state index contributed by atoms with van der Waals surface area (Å²) in [5, 5.41) is 6.47. The number of hydrogen-bond donors (Lipinski definition) is 2. The normalized spacial score (nSPS) is 22.4. The molecule has 1 aromatic rings. The van der Waals surface area contributed by atoms with Gasteiger partial charge in [0.25, 0.3) is 5.91 Å². The molecule has 1 aliphatic heterocycles. The van der Waals surface area contributed by atoms with Crippen molar-refractivity contribution in [3.8, 4) is 0 Å². The second-order valence-corrected chi connectivity index (χ2v) is 5.59. The highest BCUT2D eigenvalue weighted by Gasteiger charge is 2.27. The third kappa shape index (κ3) is 4.22. The standard InChI is InChI=1S/C15H22N2O.ClH/c1-12-6-3-4-7-13(12)14(18)17-11-15(2)8-5-9-16-10-15;/h3-4,6-7,16H,5,8-11H2,1-2H3,(H,17,18);1H. The monoisotopic (exact) mass is 282 g/mol. The highest BCUT2D eigenvalue weighted by Crippen LogP contribution is 2.24. The lowest BCUT2D eigenvalue weighted by atomic mass is 9.83. The zero-order valence-electron chi connectivity index (χ0n) is 11.7. The Morgan fingerprint density at radius 1 is 1.42 bits per heavy atom. The number of carbonyl (C=O) groups is 1. The quantitative estimate of drug-likeness (QED) is 0.894. The van der Waals surface area contributed by atoms with E-state index in [4.69, 9.17) is 0 Å². The van der Waals surface area contributed by atoms with Gasteiger partial charge in [-0.3, -0.25) is 4.79 Å². The van der Waals surface area contributed by atoms with Gasteiger partial charge in [0.15, 0.2) is 0 Å². The second kappa shape index (κ2) is 6.92. The number of piperidine rings is 1. The van der Waals surface area contributed by atoms with E-state index in [-0.39, 0.29) is 23.7 Å². The van der Waals surface area contributed by atoms with Crippen molar-refractivity contribution in [1.82, 2.24) is 10.6 Å². The van der Waals surface area contributed by atoms with Crippen LogP contribution in [-0.2, 0) is 0 Å². The fourth-order valence-electron chi connectivity index (χ4n) is 2.49. The van der Waals surface area contributed by atoms with Crippen molar-refractivity contribution in [2.75, 3.05) is 19.6 Å². The van der Waals surface area contributed by atoms with Crippen LogP contribution in [0.4, 0.5) is 0 Å². The Morgan fingerprint density at radius 3 is 2.79 bits per heavy atom. The number of hydrogen-bond acceptors (Lipinski definition) is 2. The Balaban J connectivity index is 0.00000180. The van der Waals surface area contributed by atoms with Crippen LogP contribution in [0.25, 0.3) is 0 Å². The van der Waals surface area contributed by atoms with Gasteiger partial charge in [0.2, 0.25) is 0 Å². The van der Waals surface area contributed by atoms with Crippen molar-refractivity contribution < 1.29 is 4.79 Å². The summed E-state index contributed by atoms with van der Waals surface area (Å²) in [6.07, 6.45) is 2.37. The van der Waals surface area contributed by atoms with Crippen LogP contribution in [0, 0.1) is 12.3 Å². The third-order valence-electron chi connectivity index (χ3n) is 3.75. The van der Waals surface area contributed by atoms with Crippen LogP contribution < -0.4 is 10.6 Å². The molecule has 0 bridgehead atoms. The first-order chi connectivity index (χ1) is 8.61. The van der Waals surface area contributed by atoms with Gasteiger partial charge in [-0.1, -0.05) is 25.1 Å². The van der Waals surface area contributed by atoms with E-state index >= 15 is 0 Å². The minimum absolute atomic E-state index is 0. The number of nitrogens with one attached hydrogen (secondary N) is 2. The predicted octanol–water partition coefficient (Wildman–Crippen LogP) is 2.54. The minimum Gasteiger partial charge on any atom is -0.351 e. The molecule has 4 heteroatoms. The highest BCUT2D eigenvalue weighted by atomic mass is 35.5. The SMILES string of the molecule is Cc1ccccc1C(=O)NCC1(C)CCCNC1.Cl. The van der Waals surface area contributed by atoms with Crippen LogP contribution in [0.2, 0.25) is 0 Å². The molecule has 3 nitrogen and oxygen atoms in total. The van der Waals surface area contributed by atoms with E-state index in [9.17, 15) is 4.79 Å². The van der Waals surface area contributed by atoms with Crippen LogP contribution in [-0.4, -0.2) is 25.5 Å². The second-order valence-electron chi connectivity index (χ2n) is 5.59. The Labute approximate surface area is 121 Å². The molecular weight excluding hydrogens is 260 g/mol. The van der Waals surface area contributed by atoms with Crippen molar-refractivity contribution in [2.24, 2.45) is 5.41 Å². The molecule has 0 saturated carbocycles. The predicted molar refractivity (Wildman–Crippen MR) is 81.0 cm³/mol. The summed E-state index contributed by atoms with van der Waals surface area (Å²) in [5.41, 5.74) is 2.00. The summed E-state index contributed by atoms with van der Waals surface area (Å²) >= 11 is 0. The smallest absolute Gasteiger partial charge is 0.251 e. The summed E-state index contributed by atoms with van der Waals surface area (Å²) in [6.45, 7) is 7.03. The maximum atomic E-state index is 12.1. The fourth-order valence-corrected chi connectivity index (χ4v) is 2.49. The molecule has 1 unspecified atom stereocenters. The van der Waals surface area contributed by atoms with E-state index < -0.39 is 0 Å². The van der Waals surface area contributed by atoms with Crippen molar-refractivity contribution in [3.63, 3.8) is 0 Å². The first kappa shape index (κ1) is 16.0. The number of halogens is 1. The maximum Gasteiger partial charge on any atom is 0.251 e. The van der Waals surface area contributed by atoms with Gasteiger partial charge in [-0.25, -0.2) is 0 Å². The van der Waals surface area contributed by atoms with Gasteiger partial charge in [0.05, 0.1) is 0 Å². The Kier molecular flexibility index (Phi) is 5.83. The fraction of sp³-hybridized carbons (Fsp3) is 0.533. The van der Waals surface area contributed by atoms with Crippen molar-refractivity contribution in [3.05, 3.63) is 35.4 Å². The largest absolute Gasteiger partial charge is 0.351 e. The first-order valence-electron chi connectivity index (χ1n) is 6.65. The van der Waals surface area contributed by atoms with Crippen molar-refractivity contribution in [1.29, 1.82) is 0 Å². The minimum atomic E-state index is 0. The molecule has 0 aromatic heterocycles. The lowest BCUT2D eigenvalue weighted by Crippen LogP contribution is -2.45. The molecule has 1 fully saturated rings. The van der Waals surface area contributed by atoms with Gasteiger partial charge in [0, 0.05) is 18.7 Å². The molecule has 1 saturated heterocycles. The Bertz CT molecular complexity index is 428. The summed E-state index contributed by atoms with van der Waals surface area (Å²) in [7, 11) is 0. The van der Waals surface area contributed by atoms with E-state index in [0.29, 0.717) is 0 Å². The molecule has 19 heavy (non-hydrogen) atoms. The zero-order chi connectivity index (χ0) is 13.0. The van der Waals surface area contributed by atoms with Gasteiger partial charge >= 0.3 is 0 Å². The van der Waals surface area contributed by atoms with Crippen molar-refractivity contribution in [2.45, 2.75) is 26.7 Å². The molecule has 106 valence electrons. The Hall–Kier alpha value is -1.06. The summed E-state index contributed by atoms with van der Waals surface area (Å²) in [4.78, 5) is 12.1. The average Bonchev–Trinajstić information content (AvgIpc) is 2.38. The number of carbonyl (C=O) groups excluding carboxylic acids is 1. The van der Waals surface area contributed by atoms with Gasteiger partial charge < -0.3 is 10.6 Å². The molecule has 1 aromatic carbocycles. The van der Waals surface area contributed by atoms with E-state index in [1.165, 1.54) is 12.8 Å². The van der Waals surface area contributed by atoms with Crippen LogP contribution in [0.5, 0.6) is 0 Å². The van der Waals surface area contributed by atoms with Gasteiger partial charge in [0.1, 0.15) is 0 Å². The van der Waals surface area contributed by atoms with E-state index in [1.54, 1.807) is 0 Å². The topological polar surface area (TPSA) is 41.1 Å². The molecule has 1 aliphatic rings. The van der Waals surface area contributed by atoms with Gasteiger partial charge in [-0.15, -0.1) is 12.4 Å². The molecule has 0 radical (unpaired) electrons. The number of benzene rings is 1. The molecule has 0 spiro atoms. The summed E-state index contributed by atoms with van der Waals surface area (Å²) in [5.74, 6) is 0.0416.